The van der Waals surface area contributed by atoms with Gasteiger partial charge in [0.05, 0.1) is 0 Å². The third-order valence-electron chi connectivity index (χ3n) is 2.80. The van der Waals surface area contributed by atoms with E-state index >= 15 is 0 Å². The number of halogens is 1. The molecule has 0 saturated heterocycles. The lowest BCUT2D eigenvalue weighted by molar-refractivity contribution is 0.485. The van der Waals surface area contributed by atoms with Gasteiger partial charge in [0.25, 0.3) is 0 Å². The molecule has 0 saturated carbocycles. The van der Waals surface area contributed by atoms with Gasteiger partial charge in [0.15, 0.2) is 0 Å². The highest BCUT2D eigenvalue weighted by atomic mass is 19.1. The Morgan fingerprint density at radius 1 is 1.25 bits per heavy atom. The lowest BCUT2D eigenvalue weighted by Crippen LogP contribution is -2.38. The van der Waals surface area contributed by atoms with Gasteiger partial charge in [-0.3, -0.25) is 0 Å². The third kappa shape index (κ3) is 3.49. The van der Waals surface area contributed by atoms with E-state index in [0.717, 1.165) is 12.1 Å². The molecular weight excluding hydrogens is 203 g/mol. The maximum Gasteiger partial charge on any atom is 0.123 e. The molecule has 0 aliphatic carbocycles. The first-order valence-electron chi connectivity index (χ1n) is 5.73. The van der Waals surface area contributed by atoms with Crippen molar-refractivity contribution in [3.8, 4) is 0 Å². The van der Waals surface area contributed by atoms with Gasteiger partial charge in [-0.15, -0.1) is 0 Å². The third-order valence-corrected chi connectivity index (χ3v) is 2.80. The van der Waals surface area contributed by atoms with Gasteiger partial charge in [0.1, 0.15) is 5.82 Å². The Labute approximate surface area is 97.3 Å². The van der Waals surface area contributed by atoms with Crippen LogP contribution in [-0.2, 0) is 0 Å². The predicted octanol–water partition coefficient (Wildman–Crippen LogP) is 2.64. The van der Waals surface area contributed by atoms with E-state index in [9.17, 15) is 4.39 Å². The Morgan fingerprint density at radius 3 is 2.25 bits per heavy atom. The molecule has 90 valence electrons. The molecule has 1 aromatic carbocycles. The second-order valence-corrected chi connectivity index (χ2v) is 4.61. The van der Waals surface area contributed by atoms with E-state index < -0.39 is 0 Å². The summed E-state index contributed by atoms with van der Waals surface area (Å²) in [7, 11) is 2.01. The van der Waals surface area contributed by atoms with Gasteiger partial charge in [-0.05, 0) is 36.6 Å². The van der Waals surface area contributed by atoms with Crippen molar-refractivity contribution < 1.29 is 4.39 Å². The molecule has 0 aromatic heterocycles. The maximum atomic E-state index is 12.8. The molecule has 3 heteroatoms. The van der Waals surface area contributed by atoms with Crippen molar-refractivity contribution in [3.05, 3.63) is 30.1 Å². The Bertz CT molecular complexity index is 308. The van der Waals surface area contributed by atoms with Gasteiger partial charge in [0.2, 0.25) is 0 Å². The Balaban J connectivity index is 2.74. The molecule has 16 heavy (non-hydrogen) atoms. The van der Waals surface area contributed by atoms with Crippen LogP contribution in [0.25, 0.3) is 0 Å². The Morgan fingerprint density at radius 2 is 1.81 bits per heavy atom. The maximum absolute atomic E-state index is 12.8. The average molecular weight is 224 g/mol. The summed E-state index contributed by atoms with van der Waals surface area (Å²) in [5.41, 5.74) is 6.79. The van der Waals surface area contributed by atoms with Gasteiger partial charge < -0.3 is 10.6 Å². The van der Waals surface area contributed by atoms with Crippen LogP contribution in [0, 0.1) is 11.7 Å². The lowest BCUT2D eigenvalue weighted by Gasteiger charge is -2.30. The number of likely N-dealkylation sites (N-methyl/N-ethyl adjacent to an activating group) is 1. The molecule has 0 aliphatic heterocycles. The van der Waals surface area contributed by atoms with E-state index in [1.807, 2.05) is 7.05 Å². The van der Waals surface area contributed by atoms with Crippen molar-refractivity contribution in [3.63, 3.8) is 0 Å². The zero-order valence-corrected chi connectivity index (χ0v) is 10.3. The van der Waals surface area contributed by atoms with Crippen molar-refractivity contribution in [2.45, 2.75) is 26.3 Å². The molecule has 0 bridgehead atoms. The summed E-state index contributed by atoms with van der Waals surface area (Å²) >= 11 is 0. The first-order valence-corrected chi connectivity index (χ1v) is 5.73. The molecule has 0 fully saturated rings. The van der Waals surface area contributed by atoms with Crippen molar-refractivity contribution >= 4 is 5.69 Å². The summed E-state index contributed by atoms with van der Waals surface area (Å²) in [5.74, 6) is 0.404. The minimum absolute atomic E-state index is 0.203. The topological polar surface area (TPSA) is 29.3 Å². The predicted molar refractivity (Wildman–Crippen MR) is 67.1 cm³/mol. The highest BCUT2D eigenvalue weighted by Crippen LogP contribution is 2.18. The molecule has 0 radical (unpaired) electrons. The minimum Gasteiger partial charge on any atom is -0.370 e. The second kappa shape index (κ2) is 5.85. The molecule has 1 atom stereocenters. The second-order valence-electron chi connectivity index (χ2n) is 4.61. The molecule has 1 aromatic rings. The van der Waals surface area contributed by atoms with Crippen LogP contribution in [0.1, 0.15) is 20.3 Å². The van der Waals surface area contributed by atoms with Gasteiger partial charge in [0, 0.05) is 25.3 Å². The molecule has 0 spiro atoms. The van der Waals surface area contributed by atoms with Gasteiger partial charge in [-0.25, -0.2) is 4.39 Å². The number of nitrogens with zero attached hydrogens (tertiary/aromatic N) is 1. The van der Waals surface area contributed by atoms with Crippen LogP contribution in [0.15, 0.2) is 24.3 Å². The van der Waals surface area contributed by atoms with Gasteiger partial charge >= 0.3 is 0 Å². The van der Waals surface area contributed by atoms with Crippen molar-refractivity contribution in [1.29, 1.82) is 0 Å². The normalized spacial score (nSPS) is 12.9. The zero-order valence-electron chi connectivity index (χ0n) is 10.3. The average Bonchev–Trinajstić information content (AvgIpc) is 2.25. The van der Waals surface area contributed by atoms with Crippen LogP contribution in [-0.4, -0.2) is 19.6 Å². The Hall–Kier alpha value is -1.09. The first-order chi connectivity index (χ1) is 7.54. The van der Waals surface area contributed by atoms with E-state index in [0.29, 0.717) is 18.5 Å². The summed E-state index contributed by atoms with van der Waals surface area (Å²) in [4.78, 5) is 2.12. The number of benzene rings is 1. The van der Waals surface area contributed by atoms with E-state index in [1.54, 1.807) is 12.1 Å². The van der Waals surface area contributed by atoms with Gasteiger partial charge in [-0.2, -0.15) is 0 Å². The van der Waals surface area contributed by atoms with Gasteiger partial charge in [-0.1, -0.05) is 13.8 Å². The molecule has 0 heterocycles. The van der Waals surface area contributed by atoms with Crippen LogP contribution < -0.4 is 10.6 Å². The van der Waals surface area contributed by atoms with Crippen molar-refractivity contribution in [2.24, 2.45) is 11.7 Å². The molecule has 0 aliphatic rings. The summed E-state index contributed by atoms with van der Waals surface area (Å²) in [5, 5.41) is 0. The largest absolute Gasteiger partial charge is 0.370 e. The van der Waals surface area contributed by atoms with E-state index in [4.69, 9.17) is 5.73 Å². The van der Waals surface area contributed by atoms with Crippen molar-refractivity contribution in [1.82, 2.24) is 0 Å². The van der Waals surface area contributed by atoms with E-state index in [2.05, 4.69) is 18.7 Å². The summed E-state index contributed by atoms with van der Waals surface area (Å²) in [6.07, 6.45) is 1.05. The standard InChI is InChI=1S/C13H21FN2/c1-10(2)8-13(9-15)16(3)12-6-4-11(14)5-7-12/h4-7,10,13H,8-9,15H2,1-3H3. The minimum atomic E-state index is -0.203. The molecule has 1 rings (SSSR count). The van der Waals surface area contributed by atoms with Crippen LogP contribution in [0.5, 0.6) is 0 Å². The number of anilines is 1. The SMILES string of the molecule is CC(C)CC(CN)N(C)c1ccc(F)cc1. The number of hydrogen-bond donors (Lipinski definition) is 1. The fraction of sp³-hybridized carbons (Fsp3) is 0.538. The lowest BCUT2D eigenvalue weighted by atomic mass is 10.0. The van der Waals surface area contributed by atoms with Crippen LogP contribution >= 0.6 is 0 Å². The highest BCUT2D eigenvalue weighted by molar-refractivity contribution is 5.46. The van der Waals surface area contributed by atoms with Crippen LogP contribution in [0.3, 0.4) is 0 Å². The fourth-order valence-corrected chi connectivity index (χ4v) is 1.84. The highest BCUT2D eigenvalue weighted by Gasteiger charge is 2.14. The molecule has 1 unspecified atom stereocenters. The molecule has 2 nitrogen and oxygen atoms in total. The quantitative estimate of drug-likeness (QED) is 0.833. The summed E-state index contributed by atoms with van der Waals surface area (Å²) in [6.45, 7) is 4.98. The number of nitrogens with two attached hydrogens (primary N) is 1. The summed E-state index contributed by atoms with van der Waals surface area (Å²) in [6, 6.07) is 6.85. The molecule has 0 amide bonds. The first kappa shape index (κ1) is 13.0. The van der Waals surface area contributed by atoms with E-state index in [1.165, 1.54) is 12.1 Å². The number of hydrogen-bond acceptors (Lipinski definition) is 2. The van der Waals surface area contributed by atoms with Crippen LogP contribution in [0.4, 0.5) is 10.1 Å². The molecular formula is C13H21FN2. The smallest absolute Gasteiger partial charge is 0.123 e. The monoisotopic (exact) mass is 224 g/mol. The van der Waals surface area contributed by atoms with Crippen molar-refractivity contribution in [2.75, 3.05) is 18.5 Å². The molecule has 2 N–H and O–H groups in total. The summed E-state index contributed by atoms with van der Waals surface area (Å²) < 4.78 is 12.8. The van der Waals surface area contributed by atoms with E-state index in [-0.39, 0.29) is 5.82 Å². The number of rotatable bonds is 5. The zero-order chi connectivity index (χ0) is 12.1. The Kier molecular flexibility index (Phi) is 4.74. The fourth-order valence-electron chi connectivity index (χ4n) is 1.84. The van der Waals surface area contributed by atoms with Crippen LogP contribution in [0.2, 0.25) is 0 Å².